The molecule has 34 heavy (non-hydrogen) atoms. The van der Waals surface area contributed by atoms with Gasteiger partial charge in [-0.25, -0.2) is 9.37 Å². The molecule has 0 unspecified atom stereocenters. The lowest BCUT2D eigenvalue weighted by Gasteiger charge is -2.36. The zero-order chi connectivity index (χ0) is 23.2. The fraction of sp³-hybridized carbons (Fsp3) is 0.222. The number of fused-ring (bicyclic) bond motifs is 2. The molecule has 1 saturated heterocycles. The highest BCUT2D eigenvalue weighted by Gasteiger charge is 2.35. The normalized spacial score (nSPS) is 16.3. The first-order chi connectivity index (χ1) is 16.6. The Labute approximate surface area is 196 Å². The van der Waals surface area contributed by atoms with E-state index in [2.05, 4.69) is 4.98 Å². The molecule has 6 nitrogen and oxygen atoms in total. The van der Waals surface area contributed by atoms with Crippen LogP contribution in [0, 0.1) is 5.82 Å². The SMILES string of the molecule is O=C(c1ccnc2c1ccn2-c1cccc(F)c1)N1CCC(N2Cc3ccccc3C2=O)CC1. The van der Waals surface area contributed by atoms with Crippen molar-refractivity contribution < 1.29 is 14.0 Å². The van der Waals surface area contributed by atoms with Gasteiger partial charge in [0.05, 0.1) is 5.56 Å². The van der Waals surface area contributed by atoms with E-state index < -0.39 is 0 Å². The Morgan fingerprint density at radius 3 is 2.62 bits per heavy atom. The number of carbonyl (C=O) groups excluding carboxylic acids is 2. The van der Waals surface area contributed by atoms with Crippen molar-refractivity contribution in [3.63, 3.8) is 0 Å². The molecule has 4 aromatic rings. The van der Waals surface area contributed by atoms with Gasteiger partial charge in [0, 0.05) is 54.7 Å². The molecule has 2 amide bonds. The average molecular weight is 455 g/mol. The van der Waals surface area contributed by atoms with E-state index in [4.69, 9.17) is 0 Å². The number of likely N-dealkylation sites (tertiary alicyclic amines) is 1. The number of carbonyl (C=O) groups is 2. The quantitative estimate of drug-likeness (QED) is 0.460. The maximum absolute atomic E-state index is 13.7. The minimum Gasteiger partial charge on any atom is -0.338 e. The smallest absolute Gasteiger partial charge is 0.254 e. The van der Waals surface area contributed by atoms with Crippen molar-refractivity contribution in [3.8, 4) is 5.69 Å². The van der Waals surface area contributed by atoms with Crippen molar-refractivity contribution in [2.45, 2.75) is 25.4 Å². The zero-order valence-corrected chi connectivity index (χ0v) is 18.5. The van der Waals surface area contributed by atoms with Crippen LogP contribution in [-0.2, 0) is 6.54 Å². The van der Waals surface area contributed by atoms with E-state index in [1.54, 1.807) is 29.0 Å². The van der Waals surface area contributed by atoms with Crippen molar-refractivity contribution in [1.29, 1.82) is 0 Å². The molecule has 0 aliphatic carbocycles. The average Bonchev–Trinajstić information content (AvgIpc) is 3.45. The summed E-state index contributed by atoms with van der Waals surface area (Å²) in [4.78, 5) is 34.5. The number of hydrogen-bond acceptors (Lipinski definition) is 3. The van der Waals surface area contributed by atoms with Gasteiger partial charge < -0.3 is 14.4 Å². The summed E-state index contributed by atoms with van der Waals surface area (Å²) < 4.78 is 15.5. The third kappa shape index (κ3) is 3.36. The van der Waals surface area contributed by atoms with Gasteiger partial charge in [-0.15, -0.1) is 0 Å². The van der Waals surface area contributed by atoms with Crippen molar-refractivity contribution in [2.75, 3.05) is 13.1 Å². The Bertz CT molecular complexity index is 1420. The Morgan fingerprint density at radius 1 is 1.00 bits per heavy atom. The molecule has 0 atom stereocenters. The maximum Gasteiger partial charge on any atom is 0.254 e. The number of amides is 2. The molecule has 0 radical (unpaired) electrons. The molecule has 0 bridgehead atoms. The minimum absolute atomic E-state index is 0.0427. The van der Waals surface area contributed by atoms with E-state index in [-0.39, 0.29) is 23.7 Å². The van der Waals surface area contributed by atoms with Gasteiger partial charge >= 0.3 is 0 Å². The summed E-state index contributed by atoms with van der Waals surface area (Å²) in [5.41, 5.74) is 3.73. The summed E-state index contributed by atoms with van der Waals surface area (Å²) in [6.07, 6.45) is 4.94. The number of hydrogen-bond donors (Lipinski definition) is 0. The van der Waals surface area contributed by atoms with Gasteiger partial charge in [-0.2, -0.15) is 0 Å². The first kappa shape index (κ1) is 20.6. The lowest BCUT2D eigenvalue weighted by molar-refractivity contribution is 0.0536. The van der Waals surface area contributed by atoms with E-state index in [1.165, 1.54) is 12.1 Å². The number of rotatable bonds is 3. The van der Waals surface area contributed by atoms with Gasteiger partial charge in [0.15, 0.2) is 0 Å². The molecule has 0 saturated carbocycles. The highest BCUT2D eigenvalue weighted by atomic mass is 19.1. The van der Waals surface area contributed by atoms with Crippen LogP contribution < -0.4 is 0 Å². The summed E-state index contributed by atoms with van der Waals surface area (Å²) >= 11 is 0. The van der Waals surface area contributed by atoms with Crippen LogP contribution in [0.5, 0.6) is 0 Å². The standard InChI is InChI=1S/C27H23FN4O2/c28-19-5-3-6-21(16-19)31-15-11-23-24(8-12-29-25(23)31)26(33)30-13-9-20(10-14-30)32-17-18-4-1-2-7-22(18)27(32)34/h1-8,11-12,15-16,20H,9-10,13-14,17H2. The van der Waals surface area contributed by atoms with Crippen LogP contribution in [0.4, 0.5) is 4.39 Å². The van der Waals surface area contributed by atoms with Crippen LogP contribution in [0.2, 0.25) is 0 Å². The van der Waals surface area contributed by atoms with Crippen molar-refractivity contribution in [2.24, 2.45) is 0 Å². The van der Waals surface area contributed by atoms with Crippen LogP contribution in [0.15, 0.2) is 73.1 Å². The lowest BCUT2D eigenvalue weighted by Crippen LogP contribution is -2.46. The summed E-state index contributed by atoms with van der Waals surface area (Å²) in [6.45, 7) is 1.84. The van der Waals surface area contributed by atoms with Crippen molar-refractivity contribution >= 4 is 22.8 Å². The van der Waals surface area contributed by atoms with Gasteiger partial charge in [-0.1, -0.05) is 24.3 Å². The monoisotopic (exact) mass is 454 g/mol. The second kappa shape index (κ2) is 8.09. The zero-order valence-electron chi connectivity index (χ0n) is 18.5. The molecule has 2 aromatic carbocycles. The van der Waals surface area contributed by atoms with Gasteiger partial charge in [0.2, 0.25) is 0 Å². The number of halogens is 1. The highest BCUT2D eigenvalue weighted by Crippen LogP contribution is 2.29. The maximum atomic E-state index is 13.7. The fourth-order valence-corrected chi connectivity index (χ4v) is 5.18. The Kier molecular flexibility index (Phi) is 4.90. The van der Waals surface area contributed by atoms with Crippen LogP contribution in [0.1, 0.15) is 39.1 Å². The molecule has 2 aromatic heterocycles. The Morgan fingerprint density at radius 2 is 1.82 bits per heavy atom. The van der Waals surface area contributed by atoms with Crippen LogP contribution in [0.3, 0.4) is 0 Å². The number of piperidine rings is 1. The van der Waals surface area contributed by atoms with Crippen LogP contribution in [0.25, 0.3) is 16.7 Å². The van der Waals surface area contributed by atoms with Gasteiger partial charge in [-0.05, 0) is 54.8 Å². The number of pyridine rings is 1. The largest absolute Gasteiger partial charge is 0.338 e. The first-order valence-corrected chi connectivity index (χ1v) is 11.5. The number of benzene rings is 2. The summed E-state index contributed by atoms with van der Waals surface area (Å²) in [5, 5.41) is 0.740. The third-order valence-electron chi connectivity index (χ3n) is 6.95. The summed E-state index contributed by atoms with van der Waals surface area (Å²) in [6, 6.07) is 17.8. The second-order valence-corrected chi connectivity index (χ2v) is 8.87. The molecule has 2 aliphatic rings. The lowest BCUT2D eigenvalue weighted by atomic mass is 10.0. The van der Waals surface area contributed by atoms with Gasteiger partial charge in [0.1, 0.15) is 11.5 Å². The topological polar surface area (TPSA) is 58.4 Å². The molecule has 0 spiro atoms. The molecule has 0 N–H and O–H groups in total. The Hall–Kier alpha value is -4.00. The van der Waals surface area contributed by atoms with Gasteiger partial charge in [0.25, 0.3) is 11.8 Å². The molecule has 170 valence electrons. The predicted molar refractivity (Wildman–Crippen MR) is 126 cm³/mol. The summed E-state index contributed by atoms with van der Waals surface area (Å²) in [7, 11) is 0. The molecule has 2 aliphatic heterocycles. The van der Waals surface area contributed by atoms with Crippen LogP contribution in [-0.4, -0.2) is 50.3 Å². The summed E-state index contributed by atoms with van der Waals surface area (Å²) in [5.74, 6) is -0.275. The van der Waals surface area contributed by atoms with E-state index in [0.29, 0.717) is 36.5 Å². The van der Waals surface area contributed by atoms with E-state index in [9.17, 15) is 14.0 Å². The predicted octanol–water partition coefficient (Wildman–Crippen LogP) is 4.43. The highest BCUT2D eigenvalue weighted by molar-refractivity contribution is 6.06. The van der Waals surface area contributed by atoms with Crippen molar-refractivity contribution in [3.05, 3.63) is 95.6 Å². The molecule has 1 fully saturated rings. The van der Waals surface area contributed by atoms with Crippen LogP contribution >= 0.6 is 0 Å². The fourth-order valence-electron chi connectivity index (χ4n) is 5.18. The number of aromatic nitrogens is 2. The van der Waals surface area contributed by atoms with E-state index in [1.807, 2.05) is 46.3 Å². The molecule has 7 heteroatoms. The van der Waals surface area contributed by atoms with Gasteiger partial charge in [-0.3, -0.25) is 9.59 Å². The molecule has 4 heterocycles. The Balaban J connectivity index is 1.20. The van der Waals surface area contributed by atoms with Crippen molar-refractivity contribution in [1.82, 2.24) is 19.4 Å². The van der Waals surface area contributed by atoms with E-state index >= 15 is 0 Å². The first-order valence-electron chi connectivity index (χ1n) is 11.5. The third-order valence-corrected chi connectivity index (χ3v) is 6.95. The van der Waals surface area contributed by atoms with E-state index in [0.717, 1.165) is 29.4 Å². The minimum atomic E-state index is -0.325. The number of nitrogens with zero attached hydrogens (tertiary/aromatic N) is 4. The molecular weight excluding hydrogens is 431 g/mol. The molecule has 6 rings (SSSR count). The second-order valence-electron chi connectivity index (χ2n) is 8.87. The molecular formula is C27H23FN4O2.